The van der Waals surface area contributed by atoms with Gasteiger partial charge in [-0.2, -0.15) is 0 Å². The third-order valence-electron chi connectivity index (χ3n) is 14.8. The van der Waals surface area contributed by atoms with Gasteiger partial charge in [0.1, 0.15) is 5.75 Å². The molecule has 11 rings (SSSR count). The third kappa shape index (κ3) is 13.5. The van der Waals surface area contributed by atoms with Gasteiger partial charge in [-0.1, -0.05) is 124 Å². The lowest BCUT2D eigenvalue weighted by molar-refractivity contribution is 0.163. The van der Waals surface area contributed by atoms with Crippen molar-refractivity contribution in [3.05, 3.63) is 149 Å². The molecule has 0 aromatic heterocycles. The number of anilines is 2. The van der Waals surface area contributed by atoms with Gasteiger partial charge in [-0.3, -0.25) is 0 Å². The van der Waals surface area contributed by atoms with Gasteiger partial charge in [0.25, 0.3) is 14.6 Å². The third-order valence-corrected chi connectivity index (χ3v) is 20.7. The Labute approximate surface area is 440 Å². The van der Waals surface area contributed by atoms with Crippen LogP contribution in [0.1, 0.15) is 66.7 Å². The summed E-state index contributed by atoms with van der Waals surface area (Å²) >= 11 is 17.1. The molecule has 382 valence electrons. The summed E-state index contributed by atoms with van der Waals surface area (Å²) in [7, 11) is -2.39. The lowest BCUT2D eigenvalue weighted by atomic mass is 10.2. The molecule has 16 heteroatoms. The molecule has 72 heavy (non-hydrogen) atoms. The number of carbonyl (C=O) groups is 2. The molecule has 6 unspecified atom stereocenters. The maximum atomic E-state index is 11.7. The van der Waals surface area contributed by atoms with Crippen LogP contribution in [0.4, 0.5) is 21.0 Å². The molecule has 0 bridgehead atoms. The van der Waals surface area contributed by atoms with Gasteiger partial charge in [-0.25, -0.2) is 9.59 Å². The number of benzene rings is 5. The first-order chi connectivity index (χ1) is 34.0. The molecule has 12 nitrogen and oxygen atoms in total. The summed E-state index contributed by atoms with van der Waals surface area (Å²) in [6.45, 7) is 7.04. The Bertz CT molecular complexity index is 2440. The Hall–Kier alpha value is -5.14. The van der Waals surface area contributed by atoms with Gasteiger partial charge in [0.15, 0.2) is 0 Å². The first-order valence-corrected chi connectivity index (χ1v) is 27.5. The minimum absolute atomic E-state index is 0. The second kappa shape index (κ2) is 23.8. The lowest BCUT2D eigenvalue weighted by Crippen LogP contribution is -2.67. The van der Waals surface area contributed by atoms with E-state index in [9.17, 15) is 19.8 Å². The number of amides is 4. The van der Waals surface area contributed by atoms with Gasteiger partial charge < -0.3 is 46.4 Å². The number of urea groups is 2. The molecule has 4 amide bonds. The van der Waals surface area contributed by atoms with E-state index in [0.717, 1.165) is 49.9 Å². The summed E-state index contributed by atoms with van der Waals surface area (Å²) in [6.07, 6.45) is 7.11. The molecule has 0 aliphatic heterocycles. The Balaban J connectivity index is 0.000000146. The standard InChI is InChI=1S/C22H29NOSi.2C13H15ClN2O2.C7H4ClNO.CH4/c1-22(2,3)25(17-10-6-4-7-11-17,18-12-8-5-9-13-18)24-16-14-19-20(15-16)21(19)23;2*14-7-1-3-8(4-2-7)15-13(18)16-12-10-5-9(17)6-11(10)12;8-6-1-3-7(4-2-6)10-5-9;/h4-13,16,19-21H,14-15,23H2,1-3H3;2*1-4,9-12,17H,5-6H2,(H2,15,16,18);1-4H;1H4/t16?,19-,20+,21?;2*9?,10-,11+,12?;;. The fourth-order valence-electron chi connectivity index (χ4n) is 11.2. The van der Waals surface area contributed by atoms with Crippen molar-refractivity contribution in [2.24, 2.45) is 41.2 Å². The van der Waals surface area contributed by atoms with Crippen molar-refractivity contribution in [1.82, 2.24) is 10.6 Å². The molecule has 6 aliphatic carbocycles. The van der Waals surface area contributed by atoms with Crippen LogP contribution >= 0.6 is 34.8 Å². The number of hydrogen-bond acceptors (Lipinski definition) is 8. The zero-order valence-corrected chi connectivity index (χ0v) is 43.3. The summed E-state index contributed by atoms with van der Waals surface area (Å²) < 4.78 is 11.7. The zero-order valence-electron chi connectivity index (χ0n) is 40.1. The van der Waals surface area contributed by atoms with Crippen LogP contribution in [0.15, 0.2) is 133 Å². The van der Waals surface area contributed by atoms with Crippen molar-refractivity contribution in [3.63, 3.8) is 0 Å². The maximum absolute atomic E-state index is 11.7. The number of ether oxygens (including phenoxy) is 1. The fourth-order valence-corrected chi connectivity index (χ4v) is 16.3. The number of aliphatic hydroxyl groups excluding tert-OH is 2. The van der Waals surface area contributed by atoms with Crippen molar-refractivity contribution in [3.8, 4) is 12.0 Å². The van der Waals surface area contributed by atoms with Crippen molar-refractivity contribution in [2.75, 3.05) is 10.6 Å². The monoisotopic (exact) mass is 1050 g/mol. The summed E-state index contributed by atoms with van der Waals surface area (Å²) in [5, 5.41) is 43.0. The number of hydrogen-bond donors (Lipinski definition) is 7. The maximum Gasteiger partial charge on any atom is 0.319 e. The first-order valence-electron chi connectivity index (χ1n) is 24.4. The number of halogens is 3. The molecule has 6 aliphatic rings. The average molecular weight is 1050 g/mol. The Morgan fingerprint density at radius 1 is 0.597 bits per heavy atom. The van der Waals surface area contributed by atoms with E-state index in [0.29, 0.717) is 68.5 Å². The van der Waals surface area contributed by atoms with Crippen LogP contribution in [0, 0.1) is 47.0 Å². The van der Waals surface area contributed by atoms with Gasteiger partial charge in [0, 0.05) is 50.7 Å². The number of nitrogens with zero attached hydrogens (tertiary/aromatic N) is 1. The van der Waals surface area contributed by atoms with E-state index in [4.69, 9.17) is 50.2 Å². The van der Waals surface area contributed by atoms with Crippen LogP contribution in [0.3, 0.4) is 0 Å². The van der Waals surface area contributed by atoms with Crippen LogP contribution in [-0.4, -0.2) is 67.0 Å². The molecule has 0 saturated heterocycles. The normalized spacial score (nSPS) is 27.5. The SMILES string of the molecule is C.CC(C)(C)[Si](OC1C[C@@H]2C(N)[C@@H]2C1)(c1ccccc1)c1ccccc1.N#COc1ccc(Cl)cc1.O=C(Nc1ccc(Cl)cc1)NC1[C@H]2CC(O)C[C@@H]12.O=C(Nc1ccc(Cl)cc1)NC1[C@H]2CC(O)C[C@@H]12. The van der Waals surface area contributed by atoms with Gasteiger partial charge >= 0.3 is 12.1 Å². The quantitative estimate of drug-likeness (QED) is 0.0560. The van der Waals surface area contributed by atoms with E-state index in [1.165, 1.54) is 10.4 Å². The minimum Gasteiger partial charge on any atom is -0.404 e. The van der Waals surface area contributed by atoms with Gasteiger partial charge in [0.2, 0.25) is 0 Å². The van der Waals surface area contributed by atoms with Gasteiger partial charge in [-0.05, 0) is 162 Å². The summed E-state index contributed by atoms with van der Waals surface area (Å²) in [4.78, 5) is 23.5. The van der Waals surface area contributed by atoms with Crippen LogP contribution in [0.25, 0.3) is 0 Å². The topological polar surface area (TPSA) is 191 Å². The number of aliphatic hydroxyl groups is 2. The predicted octanol–water partition coefficient (Wildman–Crippen LogP) is 10.6. The van der Waals surface area contributed by atoms with E-state index in [1.54, 1.807) is 79.1 Å². The second-order valence-corrected chi connectivity index (χ2v) is 26.2. The van der Waals surface area contributed by atoms with Crippen LogP contribution < -0.4 is 42.1 Å². The fraction of sp³-hybridized carbons (Fsp3) is 0.411. The smallest absolute Gasteiger partial charge is 0.319 e. The molecule has 6 saturated carbocycles. The van der Waals surface area contributed by atoms with Crippen molar-refractivity contribution >= 4 is 76.9 Å². The molecule has 0 radical (unpaired) electrons. The van der Waals surface area contributed by atoms with Crippen LogP contribution in [0.2, 0.25) is 20.1 Å². The predicted molar refractivity (Wildman–Crippen MR) is 290 cm³/mol. The highest BCUT2D eigenvalue weighted by atomic mass is 35.5. The zero-order chi connectivity index (χ0) is 50.5. The van der Waals surface area contributed by atoms with Crippen molar-refractivity contribution < 1.29 is 29.0 Å². The molecule has 5 aromatic rings. The number of fused-ring (bicyclic) bond motifs is 3. The lowest BCUT2D eigenvalue weighted by Gasteiger charge is -2.45. The van der Waals surface area contributed by atoms with Crippen LogP contribution in [0.5, 0.6) is 5.75 Å². The largest absolute Gasteiger partial charge is 0.404 e. The van der Waals surface area contributed by atoms with Crippen LogP contribution in [-0.2, 0) is 4.43 Å². The highest BCUT2D eigenvalue weighted by Crippen LogP contribution is 2.54. The minimum atomic E-state index is -2.39. The second-order valence-electron chi connectivity index (χ2n) is 20.6. The van der Waals surface area contributed by atoms with Gasteiger partial charge in [-0.15, -0.1) is 5.26 Å². The molecular formula is C56H67Cl3N6O6Si. The number of carbonyl (C=O) groups excluding carboxylic acids is 2. The number of nitrogens with one attached hydrogen (secondary N) is 4. The van der Waals surface area contributed by atoms with E-state index in [-0.39, 0.29) is 48.8 Å². The highest BCUT2D eigenvalue weighted by Gasteiger charge is 2.59. The van der Waals surface area contributed by atoms with E-state index >= 15 is 0 Å². The Kier molecular flexibility index (Phi) is 18.1. The molecule has 0 heterocycles. The van der Waals surface area contributed by atoms with Gasteiger partial charge in [0.05, 0.1) is 12.2 Å². The van der Waals surface area contributed by atoms with E-state index < -0.39 is 8.32 Å². The summed E-state index contributed by atoms with van der Waals surface area (Å²) in [6, 6.07) is 43.0. The van der Waals surface area contributed by atoms with E-state index in [1.807, 2.05) is 0 Å². The number of nitrogens with two attached hydrogens (primary N) is 1. The highest BCUT2D eigenvalue weighted by molar-refractivity contribution is 6.99. The van der Waals surface area contributed by atoms with E-state index in [2.05, 4.69) is 107 Å². The molecular weight excluding hydrogens is 987 g/mol. The summed E-state index contributed by atoms with van der Waals surface area (Å²) in [5.74, 6) is 3.78. The van der Waals surface area contributed by atoms with Crippen molar-refractivity contribution in [1.29, 1.82) is 5.26 Å². The van der Waals surface area contributed by atoms with Crippen molar-refractivity contribution in [2.45, 2.75) is 108 Å². The first kappa shape index (κ1) is 54.6. The molecule has 12 atom stereocenters. The summed E-state index contributed by atoms with van der Waals surface area (Å²) in [5.41, 5.74) is 7.61. The number of nitriles is 1. The Morgan fingerprint density at radius 3 is 1.31 bits per heavy atom. The molecule has 6 fully saturated rings. The molecule has 5 aromatic carbocycles. The molecule has 8 N–H and O–H groups in total. The Morgan fingerprint density at radius 2 is 0.958 bits per heavy atom. The molecule has 0 spiro atoms. The average Bonchev–Trinajstić information content (AvgIpc) is 4.09. The number of rotatable bonds is 9.